The molecule has 5 nitrogen and oxygen atoms in total. The molecule has 6 heteroatoms. The molecule has 2 amide bonds. The highest BCUT2D eigenvalue weighted by Crippen LogP contribution is 2.19. The van der Waals surface area contributed by atoms with Gasteiger partial charge in [-0.2, -0.15) is 0 Å². The van der Waals surface area contributed by atoms with E-state index in [4.69, 9.17) is 0 Å². The number of carbonyl (C=O) groups excluding carboxylic acids is 2. The number of benzene rings is 1. The molecule has 0 radical (unpaired) electrons. The first-order valence-corrected chi connectivity index (χ1v) is 9.11. The predicted octanol–water partition coefficient (Wildman–Crippen LogP) is 3.02. The summed E-state index contributed by atoms with van der Waals surface area (Å²) in [6, 6.07) is 9.28. The molecule has 3 rings (SSSR count). The van der Waals surface area contributed by atoms with E-state index < -0.39 is 6.04 Å². The zero-order valence-corrected chi connectivity index (χ0v) is 15.1. The number of H-pyrrole nitrogens is 1. The third kappa shape index (κ3) is 4.09. The summed E-state index contributed by atoms with van der Waals surface area (Å²) < 4.78 is 0. The first kappa shape index (κ1) is 17.2. The van der Waals surface area contributed by atoms with Crippen molar-refractivity contribution in [2.75, 3.05) is 6.54 Å². The number of rotatable bonds is 6. The molecule has 0 saturated carbocycles. The van der Waals surface area contributed by atoms with Crippen LogP contribution < -0.4 is 10.6 Å². The summed E-state index contributed by atoms with van der Waals surface area (Å²) in [6.07, 6.45) is 2.72. The molecule has 0 aliphatic rings. The Labute approximate surface area is 150 Å². The van der Waals surface area contributed by atoms with E-state index in [-0.39, 0.29) is 11.8 Å². The van der Waals surface area contributed by atoms with Crippen molar-refractivity contribution < 1.29 is 9.59 Å². The van der Waals surface area contributed by atoms with Crippen molar-refractivity contribution in [3.63, 3.8) is 0 Å². The number of aryl methyl sites for hydroxylation is 1. The van der Waals surface area contributed by atoms with Crippen molar-refractivity contribution in [1.82, 2.24) is 15.6 Å². The summed E-state index contributed by atoms with van der Waals surface area (Å²) in [7, 11) is 0. The van der Waals surface area contributed by atoms with Crippen LogP contribution in [0.2, 0.25) is 0 Å². The smallest absolute Gasteiger partial charge is 0.261 e. The van der Waals surface area contributed by atoms with Crippen LogP contribution in [-0.4, -0.2) is 29.4 Å². The maximum absolute atomic E-state index is 12.2. The molecule has 1 atom stereocenters. The number of carbonyl (C=O) groups is 2. The van der Waals surface area contributed by atoms with Gasteiger partial charge >= 0.3 is 0 Å². The van der Waals surface area contributed by atoms with Gasteiger partial charge < -0.3 is 15.6 Å². The molecule has 2 heterocycles. The van der Waals surface area contributed by atoms with Crippen LogP contribution in [-0.2, 0) is 11.2 Å². The molecule has 2 aromatic heterocycles. The Bertz CT molecular complexity index is 883. The molecular formula is C19H21N3O2S. The van der Waals surface area contributed by atoms with Crippen LogP contribution in [0, 0.1) is 6.92 Å². The largest absolute Gasteiger partial charge is 0.361 e. The number of aromatic amines is 1. The molecule has 0 aliphatic heterocycles. The number of thiophene rings is 1. The van der Waals surface area contributed by atoms with Crippen molar-refractivity contribution in [3.8, 4) is 0 Å². The maximum Gasteiger partial charge on any atom is 0.261 e. The number of fused-ring (bicyclic) bond motifs is 1. The summed E-state index contributed by atoms with van der Waals surface area (Å²) in [6.45, 7) is 4.28. The topological polar surface area (TPSA) is 74.0 Å². The van der Waals surface area contributed by atoms with Crippen LogP contribution in [0.4, 0.5) is 0 Å². The third-order valence-electron chi connectivity index (χ3n) is 4.10. The van der Waals surface area contributed by atoms with E-state index in [1.54, 1.807) is 13.0 Å². The average molecular weight is 355 g/mol. The second-order valence-electron chi connectivity index (χ2n) is 6.08. The Kier molecular flexibility index (Phi) is 5.19. The van der Waals surface area contributed by atoms with Crippen molar-refractivity contribution in [3.05, 3.63) is 57.9 Å². The third-order valence-corrected chi connectivity index (χ3v) is 4.97. The van der Waals surface area contributed by atoms with E-state index in [2.05, 4.69) is 40.7 Å². The van der Waals surface area contributed by atoms with Crippen molar-refractivity contribution in [2.24, 2.45) is 0 Å². The number of aromatic nitrogens is 1. The summed E-state index contributed by atoms with van der Waals surface area (Å²) in [5.41, 5.74) is 3.49. The molecule has 25 heavy (non-hydrogen) atoms. The second kappa shape index (κ2) is 7.53. The van der Waals surface area contributed by atoms with E-state index >= 15 is 0 Å². The highest BCUT2D eigenvalue weighted by molar-refractivity contribution is 7.12. The van der Waals surface area contributed by atoms with E-state index in [0.717, 1.165) is 11.9 Å². The number of hydrogen-bond acceptors (Lipinski definition) is 3. The van der Waals surface area contributed by atoms with Crippen molar-refractivity contribution in [2.45, 2.75) is 26.3 Å². The van der Waals surface area contributed by atoms with E-state index in [1.807, 2.05) is 17.6 Å². The van der Waals surface area contributed by atoms with E-state index in [1.165, 1.54) is 27.8 Å². The molecule has 1 aromatic carbocycles. The molecule has 130 valence electrons. The Morgan fingerprint density at radius 1 is 1.28 bits per heavy atom. The summed E-state index contributed by atoms with van der Waals surface area (Å²) in [5.74, 6) is -0.398. The fourth-order valence-electron chi connectivity index (χ4n) is 2.72. The Morgan fingerprint density at radius 2 is 2.12 bits per heavy atom. The van der Waals surface area contributed by atoms with Gasteiger partial charge in [0.15, 0.2) is 0 Å². The van der Waals surface area contributed by atoms with Gasteiger partial charge in [0.25, 0.3) is 5.91 Å². The van der Waals surface area contributed by atoms with Gasteiger partial charge in [-0.1, -0.05) is 18.2 Å². The molecule has 0 bridgehead atoms. The Balaban J connectivity index is 1.50. The first-order chi connectivity index (χ1) is 12.0. The lowest BCUT2D eigenvalue weighted by Gasteiger charge is -2.13. The van der Waals surface area contributed by atoms with Gasteiger partial charge in [0.1, 0.15) is 6.04 Å². The van der Waals surface area contributed by atoms with Gasteiger partial charge in [0, 0.05) is 23.6 Å². The van der Waals surface area contributed by atoms with Gasteiger partial charge in [0.05, 0.1) is 4.88 Å². The minimum Gasteiger partial charge on any atom is -0.361 e. The van der Waals surface area contributed by atoms with Crippen molar-refractivity contribution in [1.29, 1.82) is 0 Å². The van der Waals surface area contributed by atoms with Gasteiger partial charge in [-0.05, 0) is 48.9 Å². The highest BCUT2D eigenvalue weighted by atomic mass is 32.1. The standard InChI is InChI=1S/C19H21N3O2S/c1-12-5-6-15-14(11-21-16(15)10-12)7-8-20-18(23)13(2)22-19(24)17-4-3-9-25-17/h3-6,9-11,13,21H,7-8H2,1-2H3,(H,20,23)(H,22,24)/t13-/m1/s1. The molecule has 0 fully saturated rings. The Morgan fingerprint density at radius 3 is 2.88 bits per heavy atom. The summed E-state index contributed by atoms with van der Waals surface area (Å²) >= 11 is 1.36. The van der Waals surface area contributed by atoms with Gasteiger partial charge in [-0.25, -0.2) is 0 Å². The fraction of sp³-hybridized carbons (Fsp3) is 0.263. The van der Waals surface area contributed by atoms with Gasteiger partial charge in [-0.15, -0.1) is 11.3 Å². The van der Waals surface area contributed by atoms with Crippen LogP contribution in [0.25, 0.3) is 10.9 Å². The number of nitrogens with one attached hydrogen (secondary N) is 3. The van der Waals surface area contributed by atoms with Crippen LogP contribution in [0.3, 0.4) is 0 Å². The first-order valence-electron chi connectivity index (χ1n) is 8.23. The monoisotopic (exact) mass is 355 g/mol. The van der Waals surface area contributed by atoms with Crippen LogP contribution >= 0.6 is 11.3 Å². The highest BCUT2D eigenvalue weighted by Gasteiger charge is 2.16. The molecule has 0 unspecified atom stereocenters. The minimum absolute atomic E-state index is 0.180. The Hall–Kier alpha value is -2.60. The minimum atomic E-state index is -0.569. The molecule has 0 aliphatic carbocycles. The van der Waals surface area contributed by atoms with Crippen LogP contribution in [0.5, 0.6) is 0 Å². The molecular weight excluding hydrogens is 334 g/mol. The quantitative estimate of drug-likeness (QED) is 0.636. The number of amides is 2. The SMILES string of the molecule is Cc1ccc2c(CCNC(=O)[C@@H](C)NC(=O)c3cccs3)c[nH]c2c1. The zero-order valence-electron chi connectivity index (χ0n) is 14.3. The average Bonchev–Trinajstić information content (AvgIpc) is 3.24. The lowest BCUT2D eigenvalue weighted by Crippen LogP contribution is -2.45. The van der Waals surface area contributed by atoms with E-state index in [9.17, 15) is 9.59 Å². The second-order valence-corrected chi connectivity index (χ2v) is 7.02. The predicted molar refractivity (Wildman–Crippen MR) is 101 cm³/mol. The number of hydrogen-bond donors (Lipinski definition) is 3. The van der Waals surface area contributed by atoms with E-state index in [0.29, 0.717) is 11.4 Å². The molecule has 3 N–H and O–H groups in total. The molecule has 0 spiro atoms. The lowest BCUT2D eigenvalue weighted by atomic mass is 10.1. The summed E-state index contributed by atoms with van der Waals surface area (Å²) in [4.78, 5) is 28.0. The van der Waals surface area contributed by atoms with Crippen molar-refractivity contribution >= 4 is 34.1 Å². The normalized spacial score (nSPS) is 12.1. The molecule has 0 saturated heterocycles. The maximum atomic E-state index is 12.2. The van der Waals surface area contributed by atoms with Crippen LogP contribution in [0.15, 0.2) is 41.9 Å². The summed E-state index contributed by atoms with van der Waals surface area (Å²) in [5, 5.41) is 8.61. The lowest BCUT2D eigenvalue weighted by molar-refractivity contribution is -0.122. The fourth-order valence-corrected chi connectivity index (χ4v) is 3.35. The van der Waals surface area contributed by atoms with Crippen LogP contribution in [0.1, 0.15) is 27.7 Å². The zero-order chi connectivity index (χ0) is 17.8. The van der Waals surface area contributed by atoms with Gasteiger partial charge in [0.2, 0.25) is 5.91 Å². The molecule has 3 aromatic rings. The van der Waals surface area contributed by atoms with Gasteiger partial charge in [-0.3, -0.25) is 9.59 Å².